The number of benzene rings is 1. The number of aromatic nitrogens is 1. The van der Waals surface area contributed by atoms with Gasteiger partial charge in [0.1, 0.15) is 5.75 Å². The molecule has 1 aliphatic heterocycles. The SMILES string of the molecule is CCc1nc(N2CCCOc3ccccc32)sc1C=O. The normalized spacial score (nSPS) is 14.3. The summed E-state index contributed by atoms with van der Waals surface area (Å²) in [7, 11) is 0. The number of nitrogens with zero attached hydrogens (tertiary/aromatic N) is 2. The molecule has 0 fully saturated rings. The largest absolute Gasteiger partial charge is 0.491 e. The van der Waals surface area contributed by atoms with Crippen LogP contribution in [0.25, 0.3) is 0 Å². The van der Waals surface area contributed by atoms with Crippen LogP contribution in [0, 0.1) is 0 Å². The zero-order valence-electron chi connectivity index (χ0n) is 11.3. The van der Waals surface area contributed by atoms with Gasteiger partial charge in [-0.25, -0.2) is 4.98 Å². The predicted molar refractivity (Wildman–Crippen MR) is 80.4 cm³/mol. The van der Waals surface area contributed by atoms with E-state index < -0.39 is 0 Å². The van der Waals surface area contributed by atoms with Crippen molar-refractivity contribution in [2.45, 2.75) is 19.8 Å². The Hall–Kier alpha value is -1.88. The van der Waals surface area contributed by atoms with Gasteiger partial charge < -0.3 is 9.64 Å². The lowest BCUT2D eigenvalue weighted by atomic mass is 10.2. The zero-order valence-corrected chi connectivity index (χ0v) is 12.2. The number of aldehydes is 1. The highest BCUT2D eigenvalue weighted by atomic mass is 32.1. The van der Waals surface area contributed by atoms with Crippen LogP contribution in [-0.2, 0) is 6.42 Å². The Balaban J connectivity index is 2.05. The molecule has 0 bridgehead atoms. The van der Waals surface area contributed by atoms with Crippen LogP contribution in [0.3, 0.4) is 0 Å². The Kier molecular flexibility index (Phi) is 3.69. The van der Waals surface area contributed by atoms with Crippen LogP contribution in [0.1, 0.15) is 28.7 Å². The van der Waals surface area contributed by atoms with Crippen LogP contribution >= 0.6 is 11.3 Å². The maximum atomic E-state index is 11.1. The van der Waals surface area contributed by atoms with E-state index in [1.807, 2.05) is 31.2 Å². The van der Waals surface area contributed by atoms with E-state index in [0.29, 0.717) is 6.61 Å². The van der Waals surface area contributed by atoms with Crippen molar-refractivity contribution in [1.82, 2.24) is 4.98 Å². The highest BCUT2D eigenvalue weighted by Gasteiger charge is 2.21. The Labute approximate surface area is 122 Å². The highest BCUT2D eigenvalue weighted by Crippen LogP contribution is 2.38. The first-order valence-corrected chi connectivity index (χ1v) is 7.59. The number of para-hydroxylation sites is 2. The van der Waals surface area contributed by atoms with E-state index in [4.69, 9.17) is 4.74 Å². The first-order valence-electron chi connectivity index (χ1n) is 6.77. The third-order valence-corrected chi connectivity index (χ3v) is 4.37. The molecule has 0 amide bonds. The van der Waals surface area contributed by atoms with Crippen molar-refractivity contribution >= 4 is 28.4 Å². The molecule has 1 aromatic carbocycles. The molecule has 0 unspecified atom stereocenters. The molecule has 2 heterocycles. The van der Waals surface area contributed by atoms with E-state index >= 15 is 0 Å². The maximum Gasteiger partial charge on any atom is 0.190 e. The Morgan fingerprint density at radius 3 is 3.05 bits per heavy atom. The second kappa shape index (κ2) is 5.63. The third kappa shape index (κ3) is 2.29. The molecule has 0 saturated carbocycles. The lowest BCUT2D eigenvalue weighted by molar-refractivity contribution is 0.112. The summed E-state index contributed by atoms with van der Waals surface area (Å²) in [5, 5.41) is 0.877. The summed E-state index contributed by atoms with van der Waals surface area (Å²) in [6.07, 6.45) is 2.61. The molecule has 2 aromatic rings. The summed E-state index contributed by atoms with van der Waals surface area (Å²) < 4.78 is 5.76. The number of fused-ring (bicyclic) bond motifs is 1. The summed E-state index contributed by atoms with van der Waals surface area (Å²) in [4.78, 5) is 18.6. The summed E-state index contributed by atoms with van der Waals surface area (Å²) in [6, 6.07) is 7.98. The quantitative estimate of drug-likeness (QED) is 0.811. The van der Waals surface area contributed by atoms with Gasteiger partial charge in [-0.1, -0.05) is 30.4 Å². The van der Waals surface area contributed by atoms with E-state index in [-0.39, 0.29) is 0 Å². The molecule has 20 heavy (non-hydrogen) atoms. The predicted octanol–water partition coefficient (Wildman–Crippen LogP) is 3.44. The first kappa shape index (κ1) is 13.1. The zero-order chi connectivity index (χ0) is 13.9. The topological polar surface area (TPSA) is 42.4 Å². The van der Waals surface area contributed by atoms with Crippen molar-refractivity contribution in [2.24, 2.45) is 0 Å². The molecule has 104 valence electrons. The molecular weight excluding hydrogens is 272 g/mol. The number of ether oxygens (including phenoxy) is 1. The van der Waals surface area contributed by atoms with Crippen LogP contribution in [0.15, 0.2) is 24.3 Å². The number of anilines is 2. The number of hydrogen-bond donors (Lipinski definition) is 0. The van der Waals surface area contributed by atoms with Crippen molar-refractivity contribution in [3.8, 4) is 5.75 Å². The first-order chi connectivity index (χ1) is 9.83. The molecule has 1 aromatic heterocycles. The molecule has 4 nitrogen and oxygen atoms in total. The molecule has 1 aliphatic rings. The minimum Gasteiger partial charge on any atom is -0.491 e. The average Bonchev–Trinajstić information content (AvgIpc) is 2.79. The van der Waals surface area contributed by atoms with Gasteiger partial charge >= 0.3 is 0 Å². The molecule has 0 spiro atoms. The summed E-state index contributed by atoms with van der Waals surface area (Å²) in [5.74, 6) is 0.880. The summed E-state index contributed by atoms with van der Waals surface area (Å²) in [6.45, 7) is 3.58. The van der Waals surface area contributed by atoms with E-state index in [0.717, 1.165) is 52.8 Å². The van der Waals surface area contributed by atoms with Gasteiger partial charge in [0, 0.05) is 6.54 Å². The van der Waals surface area contributed by atoms with Gasteiger partial charge in [-0.05, 0) is 25.0 Å². The van der Waals surface area contributed by atoms with Gasteiger partial charge in [0.15, 0.2) is 11.4 Å². The van der Waals surface area contributed by atoms with Gasteiger partial charge in [0.25, 0.3) is 0 Å². The van der Waals surface area contributed by atoms with Crippen LogP contribution in [0.2, 0.25) is 0 Å². The van der Waals surface area contributed by atoms with Crippen molar-refractivity contribution < 1.29 is 9.53 Å². The monoisotopic (exact) mass is 288 g/mol. The average molecular weight is 288 g/mol. The maximum absolute atomic E-state index is 11.1. The van der Waals surface area contributed by atoms with Crippen molar-refractivity contribution in [1.29, 1.82) is 0 Å². The Bertz CT molecular complexity index is 624. The van der Waals surface area contributed by atoms with Gasteiger partial charge in [-0.2, -0.15) is 0 Å². The molecule has 3 rings (SSSR count). The van der Waals surface area contributed by atoms with Crippen LogP contribution < -0.4 is 9.64 Å². The van der Waals surface area contributed by atoms with Gasteiger partial charge in [0.05, 0.1) is 22.9 Å². The molecule has 0 saturated heterocycles. The minimum atomic E-state index is 0.708. The van der Waals surface area contributed by atoms with Crippen LogP contribution in [0.4, 0.5) is 10.8 Å². The fraction of sp³-hybridized carbons (Fsp3) is 0.333. The van der Waals surface area contributed by atoms with Crippen LogP contribution in [0.5, 0.6) is 5.75 Å². The van der Waals surface area contributed by atoms with E-state index in [9.17, 15) is 4.79 Å². The third-order valence-electron chi connectivity index (χ3n) is 3.33. The van der Waals surface area contributed by atoms with E-state index in [1.54, 1.807) is 0 Å². The number of aryl methyl sites for hydroxylation is 1. The number of carbonyl (C=O) groups excluding carboxylic acids is 1. The van der Waals surface area contributed by atoms with Crippen LogP contribution in [-0.4, -0.2) is 24.4 Å². The fourth-order valence-corrected chi connectivity index (χ4v) is 3.35. The molecule has 0 radical (unpaired) electrons. The smallest absolute Gasteiger partial charge is 0.190 e. The summed E-state index contributed by atoms with van der Waals surface area (Å²) >= 11 is 1.45. The van der Waals surface area contributed by atoms with Gasteiger partial charge in [-0.3, -0.25) is 4.79 Å². The van der Waals surface area contributed by atoms with Crippen molar-refractivity contribution in [2.75, 3.05) is 18.1 Å². The lowest BCUT2D eigenvalue weighted by Gasteiger charge is -2.20. The number of hydrogen-bond acceptors (Lipinski definition) is 5. The summed E-state index contributed by atoms with van der Waals surface area (Å²) in [5.41, 5.74) is 1.90. The van der Waals surface area contributed by atoms with E-state index in [1.165, 1.54) is 11.3 Å². The van der Waals surface area contributed by atoms with Crippen molar-refractivity contribution in [3.05, 3.63) is 34.8 Å². The van der Waals surface area contributed by atoms with Gasteiger partial charge in [0.2, 0.25) is 0 Å². The Morgan fingerprint density at radius 1 is 1.45 bits per heavy atom. The minimum absolute atomic E-state index is 0.708. The molecule has 0 atom stereocenters. The van der Waals surface area contributed by atoms with Crippen molar-refractivity contribution in [3.63, 3.8) is 0 Å². The Morgan fingerprint density at radius 2 is 2.30 bits per heavy atom. The molecule has 5 heteroatoms. The second-order valence-corrected chi connectivity index (χ2v) is 5.61. The standard InChI is InChI=1S/C15H16N2O2S/c1-2-11-14(10-18)20-15(16-11)17-8-5-9-19-13-7-4-3-6-12(13)17/h3-4,6-7,10H,2,5,8-9H2,1H3. The molecule has 0 aliphatic carbocycles. The molecular formula is C15H16N2O2S. The molecule has 0 N–H and O–H groups in total. The lowest BCUT2D eigenvalue weighted by Crippen LogP contribution is -2.17. The number of rotatable bonds is 3. The highest BCUT2D eigenvalue weighted by molar-refractivity contribution is 7.17. The second-order valence-electron chi connectivity index (χ2n) is 4.60. The number of thiazole rings is 1. The van der Waals surface area contributed by atoms with Gasteiger partial charge in [-0.15, -0.1) is 0 Å². The number of carbonyl (C=O) groups is 1. The fourth-order valence-electron chi connectivity index (χ4n) is 2.34. The van der Waals surface area contributed by atoms with E-state index in [2.05, 4.69) is 9.88 Å².